The maximum absolute atomic E-state index is 12.0. The van der Waals surface area contributed by atoms with Crippen LogP contribution in [0, 0.1) is 0 Å². The molecule has 0 amide bonds. The van der Waals surface area contributed by atoms with Gasteiger partial charge in [-0.2, -0.15) is 5.06 Å². The molecular weight excluding hydrogens is 262 g/mol. The molecule has 1 aromatic carbocycles. The molecule has 0 fully saturated rings. The molecule has 0 saturated carbocycles. The monoisotopic (exact) mass is 279 g/mol. The molecule has 0 radical (unpaired) electrons. The van der Waals surface area contributed by atoms with Crippen molar-refractivity contribution in [1.29, 1.82) is 0 Å². The van der Waals surface area contributed by atoms with Gasteiger partial charge >= 0.3 is 11.9 Å². The number of fused-ring (bicyclic) bond motifs is 1. The summed E-state index contributed by atoms with van der Waals surface area (Å²) in [4.78, 5) is 12.0. The van der Waals surface area contributed by atoms with Gasteiger partial charge < -0.3 is 14.6 Å². The third-order valence-electron chi connectivity index (χ3n) is 2.94. The first-order chi connectivity index (χ1) is 9.54. The molecule has 0 aliphatic carbocycles. The zero-order chi connectivity index (χ0) is 14.8. The van der Waals surface area contributed by atoms with E-state index in [9.17, 15) is 15.1 Å². The Morgan fingerprint density at radius 3 is 2.65 bits per heavy atom. The Morgan fingerprint density at radius 2 is 2.00 bits per heavy atom. The van der Waals surface area contributed by atoms with E-state index in [1.54, 1.807) is 38.1 Å². The maximum Gasteiger partial charge on any atom is 0.341 e. The van der Waals surface area contributed by atoms with Crippen LogP contribution in [0.4, 0.5) is 5.69 Å². The highest BCUT2D eigenvalue weighted by molar-refractivity contribution is 5.98. The van der Waals surface area contributed by atoms with Gasteiger partial charge in [-0.1, -0.05) is 18.2 Å². The topological polar surface area (TPSA) is 79.2 Å². The van der Waals surface area contributed by atoms with Crippen LogP contribution in [0.15, 0.2) is 29.8 Å². The first kappa shape index (κ1) is 14.5. The lowest BCUT2D eigenvalue weighted by Gasteiger charge is -2.39. The van der Waals surface area contributed by atoms with Gasteiger partial charge in [-0.25, -0.2) is 4.79 Å². The van der Waals surface area contributed by atoms with Crippen LogP contribution in [0.3, 0.4) is 0 Å². The molecule has 0 saturated heterocycles. The fraction of sp³-hybridized carbons (Fsp3) is 0.357. The summed E-state index contributed by atoms with van der Waals surface area (Å²) in [6.45, 7) is 3.57. The summed E-state index contributed by atoms with van der Waals surface area (Å²) in [6, 6.07) is 6.79. The van der Waals surface area contributed by atoms with Gasteiger partial charge in [-0.15, -0.1) is 0 Å². The molecule has 0 aromatic heterocycles. The predicted octanol–water partition coefficient (Wildman–Crippen LogP) is 1.52. The first-order valence-corrected chi connectivity index (χ1v) is 6.38. The number of aliphatic hydroxyl groups is 1. The third kappa shape index (κ3) is 2.29. The molecule has 1 aliphatic rings. The third-order valence-corrected chi connectivity index (χ3v) is 2.94. The average molecular weight is 279 g/mol. The summed E-state index contributed by atoms with van der Waals surface area (Å²) in [5, 5.41) is 21.3. The zero-order valence-corrected chi connectivity index (χ0v) is 11.4. The molecule has 2 rings (SSSR count). The molecule has 108 valence electrons. The van der Waals surface area contributed by atoms with Crippen molar-refractivity contribution in [3.8, 4) is 0 Å². The quantitative estimate of drug-likeness (QED) is 0.642. The maximum atomic E-state index is 12.0. The highest BCUT2D eigenvalue weighted by Crippen LogP contribution is 2.37. The van der Waals surface area contributed by atoms with Gasteiger partial charge in [0.1, 0.15) is 5.57 Å². The van der Waals surface area contributed by atoms with Gasteiger partial charge in [0.15, 0.2) is 0 Å². The van der Waals surface area contributed by atoms with Crippen molar-refractivity contribution in [2.75, 3.05) is 18.3 Å². The fourth-order valence-corrected chi connectivity index (χ4v) is 2.07. The average Bonchev–Trinajstić information content (AvgIpc) is 2.43. The van der Waals surface area contributed by atoms with Crippen LogP contribution in [0.1, 0.15) is 19.4 Å². The number of para-hydroxylation sites is 1. The predicted molar refractivity (Wildman–Crippen MR) is 71.9 cm³/mol. The molecule has 1 heterocycles. The lowest BCUT2D eigenvalue weighted by Crippen LogP contribution is -2.54. The lowest BCUT2D eigenvalue weighted by atomic mass is 10.0. The van der Waals surface area contributed by atoms with Gasteiger partial charge in [0.2, 0.25) is 0 Å². The van der Waals surface area contributed by atoms with E-state index in [1.165, 1.54) is 6.08 Å². The number of esters is 1. The second-order valence-electron chi connectivity index (χ2n) is 4.19. The summed E-state index contributed by atoms with van der Waals surface area (Å²) in [5.41, 5.74) is 0.765. The van der Waals surface area contributed by atoms with E-state index >= 15 is 0 Å². The largest absolute Gasteiger partial charge is 0.462 e. The Kier molecular flexibility index (Phi) is 4.08. The van der Waals surface area contributed by atoms with E-state index in [0.29, 0.717) is 16.3 Å². The van der Waals surface area contributed by atoms with Crippen LogP contribution < -0.4 is 5.06 Å². The zero-order valence-electron chi connectivity index (χ0n) is 11.4. The number of hydrogen-bond acceptors (Lipinski definition) is 6. The molecule has 1 aliphatic heterocycles. The van der Waals surface area contributed by atoms with Crippen molar-refractivity contribution in [3.05, 3.63) is 35.4 Å². The summed E-state index contributed by atoms with van der Waals surface area (Å²) in [6.07, 6.45) is 1.45. The van der Waals surface area contributed by atoms with Crippen LogP contribution in [-0.4, -0.2) is 35.4 Å². The van der Waals surface area contributed by atoms with Crippen LogP contribution in [0.2, 0.25) is 0 Å². The van der Waals surface area contributed by atoms with Crippen molar-refractivity contribution >= 4 is 17.7 Å². The number of hydrogen-bond donors (Lipinski definition) is 2. The van der Waals surface area contributed by atoms with Gasteiger partial charge in [0.05, 0.1) is 12.3 Å². The van der Waals surface area contributed by atoms with Crippen LogP contribution in [0.25, 0.3) is 6.08 Å². The number of ether oxygens (including phenoxy) is 2. The second kappa shape index (κ2) is 5.62. The summed E-state index contributed by atoms with van der Waals surface area (Å²) in [7, 11) is 0. The molecule has 0 spiro atoms. The second-order valence-corrected chi connectivity index (χ2v) is 4.19. The van der Waals surface area contributed by atoms with Gasteiger partial charge in [-0.05, 0) is 26.0 Å². The molecule has 0 bridgehead atoms. The van der Waals surface area contributed by atoms with E-state index in [2.05, 4.69) is 0 Å². The fourth-order valence-electron chi connectivity index (χ4n) is 2.07. The molecule has 6 nitrogen and oxygen atoms in total. The van der Waals surface area contributed by atoms with Gasteiger partial charge in [0.25, 0.3) is 0 Å². The molecule has 1 unspecified atom stereocenters. The van der Waals surface area contributed by atoms with Crippen LogP contribution in [-0.2, 0) is 14.3 Å². The Hall–Kier alpha value is -1.89. The van der Waals surface area contributed by atoms with E-state index in [4.69, 9.17) is 9.47 Å². The molecule has 20 heavy (non-hydrogen) atoms. The molecule has 2 N–H and O–H groups in total. The van der Waals surface area contributed by atoms with Crippen molar-refractivity contribution in [2.45, 2.75) is 19.8 Å². The summed E-state index contributed by atoms with van der Waals surface area (Å²) < 4.78 is 10.1. The molecule has 1 atom stereocenters. The van der Waals surface area contributed by atoms with Gasteiger partial charge in [-0.3, -0.25) is 5.21 Å². The van der Waals surface area contributed by atoms with Crippen LogP contribution in [0.5, 0.6) is 0 Å². The molecular formula is C14H17NO5. The Bertz CT molecular complexity index is 542. The van der Waals surface area contributed by atoms with E-state index < -0.39 is 11.9 Å². The summed E-state index contributed by atoms with van der Waals surface area (Å²) in [5.74, 6) is -2.99. The number of anilines is 1. The van der Waals surface area contributed by atoms with Gasteiger partial charge in [0, 0.05) is 12.2 Å². The van der Waals surface area contributed by atoms with Crippen molar-refractivity contribution in [3.63, 3.8) is 0 Å². The number of benzene rings is 1. The van der Waals surface area contributed by atoms with Crippen LogP contribution >= 0.6 is 0 Å². The SMILES string of the molecule is CCOC(=O)C1=Cc2ccccc2N(O)C1(O)OCC. The van der Waals surface area contributed by atoms with Crippen molar-refractivity contribution in [2.24, 2.45) is 0 Å². The Morgan fingerprint density at radius 1 is 1.30 bits per heavy atom. The first-order valence-electron chi connectivity index (χ1n) is 6.38. The molecule has 1 aromatic rings. The van der Waals surface area contributed by atoms with Crippen molar-refractivity contribution in [1.82, 2.24) is 0 Å². The normalized spacial score (nSPS) is 21.2. The lowest BCUT2D eigenvalue weighted by molar-refractivity contribution is -0.212. The Balaban J connectivity index is 2.54. The Labute approximate surface area is 116 Å². The minimum absolute atomic E-state index is 0.104. The van der Waals surface area contributed by atoms with E-state index in [0.717, 1.165) is 0 Å². The minimum Gasteiger partial charge on any atom is -0.462 e. The van der Waals surface area contributed by atoms with Crippen molar-refractivity contribution < 1.29 is 24.6 Å². The number of hydroxylamine groups is 1. The highest BCUT2D eigenvalue weighted by atomic mass is 16.7. The molecule has 6 heteroatoms. The summed E-state index contributed by atoms with van der Waals surface area (Å²) >= 11 is 0. The highest BCUT2D eigenvalue weighted by Gasteiger charge is 2.47. The minimum atomic E-state index is -2.25. The van der Waals surface area contributed by atoms with E-state index in [1.807, 2.05) is 0 Å². The van der Waals surface area contributed by atoms with E-state index in [-0.39, 0.29) is 18.8 Å². The number of nitrogens with zero attached hydrogens (tertiary/aromatic N) is 1. The number of carbonyl (C=O) groups is 1. The smallest absolute Gasteiger partial charge is 0.341 e. The number of rotatable bonds is 4. The number of carbonyl (C=O) groups excluding carboxylic acids is 1. The standard InChI is InChI=1S/C14H17NO5/c1-3-19-13(16)11-9-10-7-5-6-8-12(10)15(18)14(11,17)20-4-2/h5-9,17-18H,3-4H2,1-2H3.